The number of carbonyl (C=O) groups is 1. The third-order valence-corrected chi connectivity index (χ3v) is 4.33. The largest absolute Gasteiger partial charge is 0.492 e. The fraction of sp³-hybridized carbons (Fsp3) is 0.562. The van der Waals surface area contributed by atoms with Crippen LogP contribution >= 0.6 is 15.9 Å². The lowest BCUT2D eigenvalue weighted by atomic mass is 10.1. The van der Waals surface area contributed by atoms with Gasteiger partial charge >= 0.3 is 0 Å². The lowest BCUT2D eigenvalue weighted by molar-refractivity contribution is -0.121. The van der Waals surface area contributed by atoms with Gasteiger partial charge in [-0.15, -0.1) is 0 Å². The first-order valence-corrected chi connectivity index (χ1v) is 8.31. The summed E-state index contributed by atoms with van der Waals surface area (Å²) in [4.78, 5) is 11.7. The molecule has 0 bridgehead atoms. The third-order valence-electron chi connectivity index (χ3n) is 3.71. The maximum atomic E-state index is 11.7. The highest BCUT2D eigenvalue weighted by molar-refractivity contribution is 9.10. The van der Waals surface area contributed by atoms with Crippen molar-refractivity contribution in [3.63, 3.8) is 0 Å². The Bertz CT molecular complexity index is 473. The second kappa shape index (κ2) is 8.39. The number of carbonyl (C=O) groups excluding carboxylic acids is 1. The molecule has 2 rings (SSSR count). The molecule has 1 aromatic carbocycles. The normalized spacial score (nSPS) is 17.7. The molecule has 1 unspecified atom stereocenters. The number of benzene rings is 1. The maximum Gasteiger partial charge on any atom is 0.223 e. The Labute approximate surface area is 134 Å². The molecule has 1 aliphatic heterocycles. The number of halogens is 1. The second-order valence-electron chi connectivity index (χ2n) is 5.53. The van der Waals surface area contributed by atoms with E-state index in [-0.39, 0.29) is 5.91 Å². The van der Waals surface area contributed by atoms with E-state index in [4.69, 9.17) is 4.74 Å². The van der Waals surface area contributed by atoms with Gasteiger partial charge < -0.3 is 15.4 Å². The van der Waals surface area contributed by atoms with Gasteiger partial charge in [0.2, 0.25) is 5.91 Å². The summed E-state index contributed by atoms with van der Waals surface area (Å²) in [5.74, 6) is 1.56. The van der Waals surface area contributed by atoms with E-state index in [1.165, 1.54) is 12.0 Å². The highest BCUT2D eigenvalue weighted by Gasteiger charge is 2.14. The van der Waals surface area contributed by atoms with Gasteiger partial charge in [0.25, 0.3) is 0 Å². The number of hydrogen-bond donors (Lipinski definition) is 2. The second-order valence-corrected chi connectivity index (χ2v) is 6.38. The number of ether oxygens (including phenoxy) is 1. The van der Waals surface area contributed by atoms with Crippen molar-refractivity contribution in [2.45, 2.75) is 26.2 Å². The molecule has 1 fully saturated rings. The molecule has 4 nitrogen and oxygen atoms in total. The average molecular weight is 355 g/mol. The van der Waals surface area contributed by atoms with Crippen molar-refractivity contribution in [2.75, 3.05) is 26.2 Å². The molecule has 0 aliphatic carbocycles. The number of rotatable bonds is 7. The molecule has 5 heteroatoms. The molecule has 21 heavy (non-hydrogen) atoms. The van der Waals surface area contributed by atoms with E-state index in [0.717, 1.165) is 36.3 Å². The fourth-order valence-corrected chi connectivity index (χ4v) is 3.05. The van der Waals surface area contributed by atoms with Crippen LogP contribution in [0.5, 0.6) is 5.75 Å². The predicted molar refractivity (Wildman–Crippen MR) is 87.6 cm³/mol. The van der Waals surface area contributed by atoms with Crippen LogP contribution in [-0.4, -0.2) is 32.1 Å². The van der Waals surface area contributed by atoms with Gasteiger partial charge in [0, 0.05) is 6.54 Å². The minimum atomic E-state index is 0.0594. The van der Waals surface area contributed by atoms with Crippen molar-refractivity contribution in [3.8, 4) is 5.75 Å². The van der Waals surface area contributed by atoms with Crippen LogP contribution in [0.2, 0.25) is 0 Å². The lowest BCUT2D eigenvalue weighted by Crippen LogP contribution is -2.27. The van der Waals surface area contributed by atoms with Crippen molar-refractivity contribution in [2.24, 2.45) is 5.92 Å². The van der Waals surface area contributed by atoms with Crippen LogP contribution in [0.25, 0.3) is 0 Å². The zero-order chi connectivity index (χ0) is 15.1. The number of amides is 1. The molecule has 116 valence electrons. The van der Waals surface area contributed by atoms with Crippen LogP contribution in [0.1, 0.15) is 24.8 Å². The topological polar surface area (TPSA) is 50.4 Å². The summed E-state index contributed by atoms with van der Waals surface area (Å²) in [6, 6.07) is 5.92. The first-order valence-electron chi connectivity index (χ1n) is 7.51. The quantitative estimate of drug-likeness (QED) is 0.791. The van der Waals surface area contributed by atoms with Crippen molar-refractivity contribution in [3.05, 3.63) is 28.2 Å². The first kappa shape index (κ1) is 16.3. The summed E-state index contributed by atoms with van der Waals surface area (Å²) in [6.07, 6.45) is 2.67. The van der Waals surface area contributed by atoms with E-state index in [2.05, 4.69) is 26.6 Å². The van der Waals surface area contributed by atoms with E-state index in [9.17, 15) is 4.79 Å². The number of nitrogens with one attached hydrogen (secondary N) is 2. The van der Waals surface area contributed by atoms with Crippen LogP contribution in [0.3, 0.4) is 0 Å². The maximum absolute atomic E-state index is 11.7. The fourth-order valence-electron chi connectivity index (χ4n) is 2.44. The van der Waals surface area contributed by atoms with Gasteiger partial charge in [0.1, 0.15) is 5.75 Å². The van der Waals surface area contributed by atoms with Gasteiger partial charge in [-0.25, -0.2) is 0 Å². The minimum Gasteiger partial charge on any atom is -0.492 e. The van der Waals surface area contributed by atoms with Crippen LogP contribution in [-0.2, 0) is 4.79 Å². The van der Waals surface area contributed by atoms with Gasteiger partial charge in [0.05, 0.1) is 17.5 Å². The monoisotopic (exact) mass is 354 g/mol. The minimum absolute atomic E-state index is 0.0594. The average Bonchev–Trinajstić information content (AvgIpc) is 2.94. The Morgan fingerprint density at radius 2 is 2.38 bits per heavy atom. The number of hydrogen-bond acceptors (Lipinski definition) is 3. The van der Waals surface area contributed by atoms with Crippen LogP contribution in [0.15, 0.2) is 22.7 Å². The molecule has 0 spiro atoms. The van der Waals surface area contributed by atoms with Gasteiger partial charge in [-0.3, -0.25) is 4.79 Å². The predicted octanol–water partition coefficient (Wildman–Crippen LogP) is 2.64. The zero-order valence-electron chi connectivity index (χ0n) is 12.5. The third kappa shape index (κ3) is 5.67. The molecular formula is C16H23BrN2O2. The van der Waals surface area contributed by atoms with Gasteiger partial charge in [-0.2, -0.15) is 0 Å². The molecule has 2 N–H and O–H groups in total. The smallest absolute Gasteiger partial charge is 0.223 e. The lowest BCUT2D eigenvalue weighted by Gasteiger charge is -2.11. The molecule has 1 amide bonds. The van der Waals surface area contributed by atoms with E-state index in [1.54, 1.807) is 0 Å². The zero-order valence-corrected chi connectivity index (χ0v) is 14.0. The Balaban J connectivity index is 1.60. The van der Waals surface area contributed by atoms with Gasteiger partial charge in [-0.05, 0) is 72.4 Å². The Hall–Kier alpha value is -1.07. The molecular weight excluding hydrogens is 332 g/mol. The summed E-state index contributed by atoms with van der Waals surface area (Å²) in [7, 11) is 0. The molecule has 1 heterocycles. The van der Waals surface area contributed by atoms with Crippen molar-refractivity contribution in [1.82, 2.24) is 10.6 Å². The SMILES string of the molecule is Cc1ccc(OCCC(=O)NCCC2CCNC2)c(Br)c1. The van der Waals surface area contributed by atoms with E-state index >= 15 is 0 Å². The van der Waals surface area contributed by atoms with Crippen LogP contribution < -0.4 is 15.4 Å². The summed E-state index contributed by atoms with van der Waals surface area (Å²) in [5, 5.41) is 6.30. The van der Waals surface area contributed by atoms with Gasteiger partial charge in [-0.1, -0.05) is 6.07 Å². The number of aryl methyl sites for hydroxylation is 1. The van der Waals surface area contributed by atoms with Crippen molar-refractivity contribution >= 4 is 21.8 Å². The van der Waals surface area contributed by atoms with Crippen molar-refractivity contribution < 1.29 is 9.53 Å². The summed E-state index contributed by atoms with van der Waals surface area (Å²) < 4.78 is 6.55. The standard InChI is InChI=1S/C16H23BrN2O2/c1-12-2-3-15(14(17)10-12)21-9-6-16(20)19-8-5-13-4-7-18-11-13/h2-3,10,13,18H,4-9,11H2,1H3,(H,19,20). The molecule has 1 aromatic rings. The highest BCUT2D eigenvalue weighted by atomic mass is 79.9. The first-order chi connectivity index (χ1) is 10.1. The molecule has 0 aromatic heterocycles. The molecule has 0 radical (unpaired) electrons. The van der Waals surface area contributed by atoms with Gasteiger partial charge in [0.15, 0.2) is 0 Å². The summed E-state index contributed by atoms with van der Waals surface area (Å²) in [6.45, 7) is 5.39. The molecule has 0 saturated carbocycles. The van der Waals surface area contributed by atoms with Crippen LogP contribution in [0, 0.1) is 12.8 Å². The van der Waals surface area contributed by atoms with Crippen LogP contribution in [0.4, 0.5) is 0 Å². The van der Waals surface area contributed by atoms with E-state index < -0.39 is 0 Å². The van der Waals surface area contributed by atoms with Crippen molar-refractivity contribution in [1.29, 1.82) is 0 Å². The summed E-state index contributed by atoms with van der Waals surface area (Å²) in [5.41, 5.74) is 1.17. The molecule has 1 saturated heterocycles. The van der Waals surface area contributed by atoms with E-state index in [1.807, 2.05) is 25.1 Å². The van der Waals surface area contributed by atoms with E-state index in [0.29, 0.717) is 18.9 Å². The Morgan fingerprint density at radius 3 is 3.10 bits per heavy atom. The Kier molecular flexibility index (Phi) is 6.51. The highest BCUT2D eigenvalue weighted by Crippen LogP contribution is 2.25. The summed E-state index contributed by atoms with van der Waals surface area (Å²) >= 11 is 3.46. The molecule has 1 aliphatic rings. The molecule has 1 atom stereocenters. The Morgan fingerprint density at radius 1 is 1.52 bits per heavy atom.